The molecule has 1 atom stereocenters. The van der Waals surface area contributed by atoms with E-state index in [-0.39, 0.29) is 0 Å². The Morgan fingerprint density at radius 2 is 1.90 bits per heavy atom. The fourth-order valence-electron chi connectivity index (χ4n) is 4.02. The van der Waals surface area contributed by atoms with Gasteiger partial charge in [-0.25, -0.2) is 0 Å². The molecule has 2 aromatic heterocycles. The third kappa shape index (κ3) is 5.39. The third-order valence-electron chi connectivity index (χ3n) is 5.91. The van der Waals surface area contributed by atoms with Crippen molar-refractivity contribution in [2.45, 2.75) is 65.7 Å². The molecule has 0 aliphatic heterocycles. The molecule has 162 valence electrons. The van der Waals surface area contributed by atoms with E-state index >= 15 is 0 Å². The molecule has 0 saturated carbocycles. The van der Waals surface area contributed by atoms with Gasteiger partial charge in [0.25, 0.3) is 0 Å². The van der Waals surface area contributed by atoms with E-state index in [4.69, 9.17) is 0 Å². The van der Waals surface area contributed by atoms with Gasteiger partial charge in [-0.15, -0.1) is 0 Å². The minimum absolute atomic E-state index is 0.818. The summed E-state index contributed by atoms with van der Waals surface area (Å²) in [5.74, 6) is 0.818. The van der Waals surface area contributed by atoms with Crippen molar-refractivity contribution in [3.05, 3.63) is 41.3 Å². The van der Waals surface area contributed by atoms with Gasteiger partial charge in [0.05, 0.1) is 0 Å². The Labute approximate surface area is 200 Å². The van der Waals surface area contributed by atoms with Crippen molar-refractivity contribution in [1.82, 2.24) is 0 Å². The quantitative estimate of drug-likeness (QED) is 0.175. The number of thiophene rings is 2. The second-order valence-corrected chi connectivity index (χ2v) is 27.7. The second kappa shape index (κ2) is 10.6. The number of thioether (sulfide) groups is 1. The Morgan fingerprint density at radius 3 is 2.50 bits per heavy atom. The molecule has 0 aliphatic carbocycles. The molecule has 0 amide bonds. The molecule has 0 nitrogen and oxygen atoms in total. The molecule has 1 unspecified atom stereocenters. The predicted molar refractivity (Wildman–Crippen MR) is 147 cm³/mol. The molecule has 0 fully saturated rings. The number of rotatable bonds is 10. The van der Waals surface area contributed by atoms with Crippen molar-refractivity contribution in [3.8, 4) is 10.4 Å². The molecular weight excluding hydrogens is 527 g/mol. The van der Waals surface area contributed by atoms with Gasteiger partial charge < -0.3 is 0 Å². The van der Waals surface area contributed by atoms with Crippen LogP contribution in [0.2, 0.25) is 14.8 Å². The zero-order valence-electron chi connectivity index (χ0n) is 19.4. The standard InChI is InChI=1S/C23H27S3.3CH3.Sn/c1-5-8-9-16(6-2)14-18-10-11-20(26-18)22-19-12-13-25-21(19)15-17(7-3)23(22)24-4;;;;/h7,10-12,15-16H,3,5-6,8-9,14H2,1-2,4H3;3*1H3;. The summed E-state index contributed by atoms with van der Waals surface area (Å²) in [5.41, 5.74) is 2.73. The summed E-state index contributed by atoms with van der Waals surface area (Å²) in [4.78, 5) is 11.9. The fourth-order valence-corrected chi connectivity index (χ4v) is 12.5. The van der Waals surface area contributed by atoms with Gasteiger partial charge in [-0.3, -0.25) is 0 Å². The average molecular weight is 563 g/mol. The summed E-state index contributed by atoms with van der Waals surface area (Å²) >= 11 is 3.81. The summed E-state index contributed by atoms with van der Waals surface area (Å²) in [7, 11) is 0. The molecule has 3 rings (SSSR count). The van der Waals surface area contributed by atoms with Gasteiger partial charge in [0.1, 0.15) is 0 Å². The minimum atomic E-state index is -2.11. The van der Waals surface area contributed by atoms with Crippen LogP contribution in [0.25, 0.3) is 26.6 Å². The Kier molecular flexibility index (Phi) is 8.62. The zero-order chi connectivity index (χ0) is 21.9. The van der Waals surface area contributed by atoms with Gasteiger partial charge in [-0.2, -0.15) is 0 Å². The average Bonchev–Trinajstić information content (AvgIpc) is 3.36. The van der Waals surface area contributed by atoms with Crippen LogP contribution in [0.1, 0.15) is 50.0 Å². The van der Waals surface area contributed by atoms with Crippen LogP contribution in [0.15, 0.2) is 35.7 Å². The van der Waals surface area contributed by atoms with Crippen LogP contribution in [0.3, 0.4) is 0 Å². The Bertz CT molecular complexity index is 1000. The van der Waals surface area contributed by atoms with Crippen LogP contribution in [0, 0.1) is 5.92 Å². The van der Waals surface area contributed by atoms with E-state index in [0.29, 0.717) is 0 Å². The van der Waals surface area contributed by atoms with Crippen LogP contribution in [-0.2, 0) is 6.42 Å². The molecule has 0 aliphatic rings. The van der Waals surface area contributed by atoms with Crippen LogP contribution in [0.4, 0.5) is 0 Å². The van der Waals surface area contributed by atoms with Gasteiger partial charge in [-0.1, -0.05) is 6.92 Å². The number of hydrogen-bond donors (Lipinski definition) is 0. The van der Waals surface area contributed by atoms with Gasteiger partial charge in [0.2, 0.25) is 0 Å². The van der Waals surface area contributed by atoms with Crippen LogP contribution in [0.5, 0.6) is 0 Å². The zero-order valence-corrected chi connectivity index (χ0v) is 24.7. The topological polar surface area (TPSA) is 0 Å². The monoisotopic (exact) mass is 564 g/mol. The summed E-state index contributed by atoms with van der Waals surface area (Å²) in [6.07, 6.45) is 10.8. The summed E-state index contributed by atoms with van der Waals surface area (Å²) in [5, 5.41) is 1.46. The number of hydrogen-bond acceptors (Lipinski definition) is 3. The molecular formula is C26H36S3Sn. The molecule has 1 aromatic carbocycles. The molecule has 0 N–H and O–H groups in total. The number of benzene rings is 1. The maximum absolute atomic E-state index is 4.13. The Balaban J connectivity index is 2.09. The van der Waals surface area contributed by atoms with Gasteiger partial charge in [-0.05, 0) is 0 Å². The number of unbranched alkanes of at least 4 members (excludes halogenated alkanes) is 1. The first kappa shape index (κ1) is 24.4. The molecule has 3 aromatic rings. The second-order valence-electron chi connectivity index (χ2n) is 9.24. The van der Waals surface area contributed by atoms with Gasteiger partial charge in [0, 0.05) is 0 Å². The van der Waals surface area contributed by atoms with Crippen LogP contribution in [-0.4, -0.2) is 24.6 Å². The van der Waals surface area contributed by atoms with E-state index < -0.39 is 18.4 Å². The predicted octanol–water partition coefficient (Wildman–Crippen LogP) is 9.30. The summed E-state index contributed by atoms with van der Waals surface area (Å²) < 4.78 is 3.10. The maximum atomic E-state index is 4.13. The Hall–Kier alpha value is -0.231. The van der Waals surface area contributed by atoms with E-state index in [2.05, 4.69) is 65.8 Å². The van der Waals surface area contributed by atoms with Crippen molar-refractivity contribution in [1.29, 1.82) is 0 Å². The number of fused-ring (bicyclic) bond motifs is 1. The molecule has 0 bridgehead atoms. The first-order valence-corrected chi connectivity index (χ1v) is 24.0. The molecule has 0 radical (unpaired) electrons. The van der Waals surface area contributed by atoms with Crippen molar-refractivity contribution in [2.75, 3.05) is 6.26 Å². The van der Waals surface area contributed by atoms with Crippen LogP contribution < -0.4 is 2.89 Å². The first-order valence-electron chi connectivity index (χ1n) is 11.2. The van der Waals surface area contributed by atoms with Crippen molar-refractivity contribution in [2.24, 2.45) is 5.92 Å². The summed E-state index contributed by atoms with van der Waals surface area (Å²) in [6, 6.07) is 9.68. The molecule has 4 heteroatoms. The van der Waals surface area contributed by atoms with Crippen molar-refractivity contribution < 1.29 is 0 Å². The third-order valence-corrected chi connectivity index (χ3v) is 18.4. The van der Waals surface area contributed by atoms with Gasteiger partial charge >= 0.3 is 195 Å². The van der Waals surface area contributed by atoms with E-state index in [1.54, 1.807) is 7.77 Å². The Morgan fingerprint density at radius 1 is 1.13 bits per heavy atom. The van der Waals surface area contributed by atoms with E-state index in [0.717, 1.165) is 5.92 Å². The first-order chi connectivity index (χ1) is 14.3. The molecule has 30 heavy (non-hydrogen) atoms. The van der Waals surface area contributed by atoms with Crippen LogP contribution >= 0.6 is 34.4 Å². The van der Waals surface area contributed by atoms with Crippen molar-refractivity contribution >= 4 is 71.9 Å². The molecule has 0 spiro atoms. The van der Waals surface area contributed by atoms with Crippen molar-refractivity contribution in [3.63, 3.8) is 0 Å². The fraction of sp³-hybridized carbons (Fsp3) is 0.462. The SMILES string of the molecule is C=Cc1cc2s[c]([Sn]([CH3])([CH3])[CH3])cc2c(-c2ccc(CC(CC)CCCC)s2)c1SC. The van der Waals surface area contributed by atoms with Gasteiger partial charge in [0.15, 0.2) is 0 Å². The van der Waals surface area contributed by atoms with E-state index in [1.807, 2.05) is 40.5 Å². The molecule has 2 heterocycles. The summed E-state index contributed by atoms with van der Waals surface area (Å²) in [6.45, 7) is 8.78. The normalized spacial score (nSPS) is 13.1. The van der Waals surface area contributed by atoms with E-state index in [9.17, 15) is 0 Å². The van der Waals surface area contributed by atoms with E-state index in [1.165, 1.54) is 63.1 Å². The molecule has 0 saturated heterocycles.